The number of non-ortho nitro benzene ring substituents is 1. The molecular formula is C25H18Cl2N2O10. The van der Waals surface area contributed by atoms with Gasteiger partial charge >= 0.3 is 17.9 Å². The number of nitro groups is 1. The standard InChI is InChI=1S/C25H18Cl2N2O10/c1-37-19-11-10-17(29(35)36)12-18(19)28-22(30)20(38-24(33)13-2-6-15(26)7-3-13)21(23(31)32)39-25(34)14-4-8-16(27)9-5-14/h2-12,20-21H,1H3,(H,28,30)(H,31,32)/t20-,21-/m0/s1. The summed E-state index contributed by atoms with van der Waals surface area (Å²) in [4.78, 5) is 61.4. The summed E-state index contributed by atoms with van der Waals surface area (Å²) in [5, 5.41) is 23.9. The van der Waals surface area contributed by atoms with Gasteiger partial charge in [0.2, 0.25) is 12.2 Å². The molecule has 0 aliphatic heterocycles. The maximum atomic E-state index is 13.3. The van der Waals surface area contributed by atoms with Crippen LogP contribution in [0.3, 0.4) is 0 Å². The fraction of sp³-hybridized carbons (Fsp3) is 0.120. The Kier molecular flexibility index (Phi) is 9.42. The number of nitro benzene ring substituents is 1. The minimum atomic E-state index is -2.34. The van der Waals surface area contributed by atoms with Crippen molar-refractivity contribution in [3.8, 4) is 5.75 Å². The highest BCUT2D eigenvalue weighted by molar-refractivity contribution is 6.31. The minimum Gasteiger partial charge on any atom is -0.495 e. The lowest BCUT2D eigenvalue weighted by atomic mass is 10.1. The number of nitrogens with zero attached hydrogens (tertiary/aromatic N) is 1. The molecule has 0 saturated carbocycles. The number of halogens is 2. The third-order valence-corrected chi connectivity index (χ3v) is 5.56. The zero-order chi connectivity index (χ0) is 28.7. The highest BCUT2D eigenvalue weighted by Gasteiger charge is 2.41. The Morgan fingerprint density at radius 2 is 1.33 bits per heavy atom. The maximum absolute atomic E-state index is 13.3. The van der Waals surface area contributed by atoms with E-state index in [1.807, 2.05) is 0 Å². The second-order valence-electron chi connectivity index (χ2n) is 7.63. The number of amides is 1. The Labute approximate surface area is 230 Å². The lowest BCUT2D eigenvalue weighted by Crippen LogP contribution is -2.48. The molecule has 0 fully saturated rings. The lowest BCUT2D eigenvalue weighted by molar-refractivity contribution is -0.384. The van der Waals surface area contributed by atoms with Gasteiger partial charge in [0.1, 0.15) is 5.75 Å². The summed E-state index contributed by atoms with van der Waals surface area (Å²) < 4.78 is 15.3. The van der Waals surface area contributed by atoms with Gasteiger partial charge < -0.3 is 24.6 Å². The van der Waals surface area contributed by atoms with E-state index in [4.69, 9.17) is 37.4 Å². The van der Waals surface area contributed by atoms with E-state index >= 15 is 0 Å². The van der Waals surface area contributed by atoms with Crippen LogP contribution in [0.25, 0.3) is 0 Å². The topological polar surface area (TPSA) is 171 Å². The first-order chi connectivity index (χ1) is 18.5. The number of aliphatic carboxylic acids is 1. The summed E-state index contributed by atoms with van der Waals surface area (Å²) in [7, 11) is 1.23. The number of hydrogen-bond donors (Lipinski definition) is 2. The van der Waals surface area contributed by atoms with Crippen molar-refractivity contribution in [2.75, 3.05) is 12.4 Å². The van der Waals surface area contributed by atoms with Gasteiger partial charge in [0.25, 0.3) is 11.6 Å². The molecule has 3 aromatic carbocycles. The number of hydrogen-bond acceptors (Lipinski definition) is 9. The first kappa shape index (κ1) is 28.9. The monoisotopic (exact) mass is 576 g/mol. The predicted molar refractivity (Wildman–Crippen MR) is 137 cm³/mol. The van der Waals surface area contributed by atoms with Crippen LogP contribution in [0, 0.1) is 10.1 Å². The van der Waals surface area contributed by atoms with Gasteiger partial charge in [-0.25, -0.2) is 14.4 Å². The van der Waals surface area contributed by atoms with Crippen LogP contribution in [0.4, 0.5) is 11.4 Å². The number of rotatable bonds is 10. The molecular weight excluding hydrogens is 559 g/mol. The molecule has 3 rings (SSSR count). The van der Waals surface area contributed by atoms with Crippen LogP contribution in [0.5, 0.6) is 5.75 Å². The first-order valence-corrected chi connectivity index (χ1v) is 11.5. The minimum absolute atomic E-state index is 0.0261. The number of carbonyl (C=O) groups excluding carboxylic acids is 3. The number of ether oxygens (including phenoxy) is 3. The van der Waals surface area contributed by atoms with E-state index in [1.165, 1.54) is 61.7 Å². The molecule has 2 N–H and O–H groups in total. The lowest BCUT2D eigenvalue weighted by Gasteiger charge is -2.24. The van der Waals surface area contributed by atoms with E-state index < -0.39 is 46.6 Å². The smallest absolute Gasteiger partial charge is 0.349 e. The van der Waals surface area contributed by atoms with Gasteiger partial charge in [-0.15, -0.1) is 0 Å². The third kappa shape index (κ3) is 7.43. The van der Waals surface area contributed by atoms with Crippen molar-refractivity contribution < 1.29 is 43.4 Å². The summed E-state index contributed by atoms with van der Waals surface area (Å²) in [6.45, 7) is 0. The largest absolute Gasteiger partial charge is 0.495 e. The van der Waals surface area contributed by atoms with Gasteiger partial charge in [0, 0.05) is 22.2 Å². The van der Waals surface area contributed by atoms with E-state index in [0.29, 0.717) is 10.0 Å². The Balaban J connectivity index is 1.98. The summed E-state index contributed by atoms with van der Waals surface area (Å²) in [6.07, 6.45) is -4.60. The Bertz CT molecular complexity index is 1410. The van der Waals surface area contributed by atoms with Gasteiger partial charge in [-0.3, -0.25) is 14.9 Å². The number of carboxylic acids is 1. The number of carboxylic acid groups (broad SMARTS) is 1. The molecule has 39 heavy (non-hydrogen) atoms. The van der Waals surface area contributed by atoms with Crippen LogP contribution in [-0.4, -0.2) is 53.2 Å². The molecule has 0 aliphatic carbocycles. The van der Waals surface area contributed by atoms with Gasteiger partial charge in [-0.05, 0) is 54.6 Å². The van der Waals surface area contributed by atoms with Crippen molar-refractivity contribution in [1.82, 2.24) is 0 Å². The van der Waals surface area contributed by atoms with Gasteiger partial charge in [-0.2, -0.15) is 0 Å². The molecule has 2 atom stereocenters. The molecule has 14 heteroatoms. The van der Waals surface area contributed by atoms with Crippen molar-refractivity contribution in [1.29, 1.82) is 0 Å². The van der Waals surface area contributed by atoms with Crippen molar-refractivity contribution >= 4 is 58.4 Å². The molecule has 0 radical (unpaired) electrons. The molecule has 0 unspecified atom stereocenters. The van der Waals surface area contributed by atoms with Crippen molar-refractivity contribution in [3.63, 3.8) is 0 Å². The van der Waals surface area contributed by atoms with Crippen molar-refractivity contribution in [2.24, 2.45) is 0 Å². The van der Waals surface area contributed by atoms with Crippen LogP contribution in [0.1, 0.15) is 20.7 Å². The molecule has 0 saturated heterocycles. The fourth-order valence-corrected chi connectivity index (χ4v) is 3.40. The number of esters is 2. The van der Waals surface area contributed by atoms with E-state index in [0.717, 1.165) is 12.1 Å². The quantitative estimate of drug-likeness (QED) is 0.200. The van der Waals surface area contributed by atoms with Gasteiger partial charge in [-0.1, -0.05) is 23.2 Å². The third-order valence-electron chi connectivity index (χ3n) is 5.06. The molecule has 0 spiro atoms. The average Bonchev–Trinajstić information content (AvgIpc) is 2.90. The van der Waals surface area contributed by atoms with E-state index in [1.54, 1.807) is 0 Å². The van der Waals surface area contributed by atoms with E-state index in [9.17, 15) is 34.4 Å². The van der Waals surface area contributed by atoms with Crippen LogP contribution < -0.4 is 10.1 Å². The van der Waals surface area contributed by atoms with Gasteiger partial charge in [0.15, 0.2) is 0 Å². The molecule has 0 aliphatic rings. The number of nitrogens with one attached hydrogen (secondary N) is 1. The van der Waals surface area contributed by atoms with E-state index in [2.05, 4.69) is 5.32 Å². The summed E-state index contributed by atoms with van der Waals surface area (Å²) >= 11 is 11.6. The molecule has 0 bridgehead atoms. The molecule has 0 heterocycles. The van der Waals surface area contributed by atoms with E-state index in [-0.39, 0.29) is 22.6 Å². The van der Waals surface area contributed by atoms with Gasteiger partial charge in [0.05, 0.1) is 28.8 Å². The molecule has 12 nitrogen and oxygen atoms in total. The number of carbonyl (C=O) groups is 4. The first-order valence-electron chi connectivity index (χ1n) is 10.8. The number of methoxy groups -OCH3 is 1. The molecule has 0 aromatic heterocycles. The van der Waals surface area contributed by atoms with Crippen molar-refractivity contribution in [2.45, 2.75) is 12.2 Å². The van der Waals surface area contributed by atoms with Crippen LogP contribution in [-0.2, 0) is 19.1 Å². The zero-order valence-electron chi connectivity index (χ0n) is 19.8. The zero-order valence-corrected chi connectivity index (χ0v) is 21.3. The summed E-state index contributed by atoms with van der Waals surface area (Å²) in [5.74, 6) is -5.44. The predicted octanol–water partition coefficient (Wildman–Crippen LogP) is 4.38. The number of anilines is 1. The Hall–Kier alpha value is -4.68. The number of benzene rings is 3. The fourth-order valence-electron chi connectivity index (χ4n) is 3.14. The maximum Gasteiger partial charge on any atom is 0.349 e. The molecule has 202 valence electrons. The highest BCUT2D eigenvalue weighted by atomic mass is 35.5. The van der Waals surface area contributed by atoms with Crippen LogP contribution in [0.2, 0.25) is 10.0 Å². The second-order valence-corrected chi connectivity index (χ2v) is 8.51. The summed E-state index contributed by atoms with van der Waals surface area (Å²) in [6, 6.07) is 13.7. The average molecular weight is 577 g/mol. The molecule has 1 amide bonds. The molecule has 3 aromatic rings. The second kappa shape index (κ2) is 12.7. The summed E-state index contributed by atoms with van der Waals surface area (Å²) in [5.41, 5.74) is -0.866. The highest BCUT2D eigenvalue weighted by Crippen LogP contribution is 2.29. The van der Waals surface area contributed by atoms with Crippen LogP contribution >= 0.6 is 23.2 Å². The Morgan fingerprint density at radius 3 is 1.77 bits per heavy atom. The normalized spacial score (nSPS) is 12.0. The van der Waals surface area contributed by atoms with Crippen LogP contribution in [0.15, 0.2) is 66.7 Å². The SMILES string of the molecule is COc1ccc([N+](=O)[O-])cc1NC(=O)[C@@H](OC(=O)c1ccc(Cl)cc1)[C@H](OC(=O)c1ccc(Cl)cc1)C(=O)O. The van der Waals surface area contributed by atoms with Crippen molar-refractivity contribution in [3.05, 3.63) is 98.0 Å². The Morgan fingerprint density at radius 1 is 0.846 bits per heavy atom.